The van der Waals surface area contributed by atoms with Crippen LogP contribution in [0.5, 0.6) is 0 Å². The zero-order valence-electron chi connectivity index (χ0n) is 13.0. The van der Waals surface area contributed by atoms with Gasteiger partial charge in [0.1, 0.15) is 11.8 Å². The molecule has 0 saturated carbocycles. The van der Waals surface area contributed by atoms with Crippen molar-refractivity contribution < 1.29 is 0 Å². The van der Waals surface area contributed by atoms with Crippen molar-refractivity contribution in [2.24, 2.45) is 0 Å². The predicted molar refractivity (Wildman–Crippen MR) is 92.9 cm³/mol. The van der Waals surface area contributed by atoms with E-state index in [-0.39, 0.29) is 0 Å². The van der Waals surface area contributed by atoms with E-state index in [1.807, 2.05) is 49.4 Å². The number of aromatic nitrogens is 5. The van der Waals surface area contributed by atoms with E-state index in [0.29, 0.717) is 16.9 Å². The maximum atomic E-state index is 5.93. The van der Waals surface area contributed by atoms with Gasteiger partial charge in [-0.05, 0) is 43.3 Å². The first-order valence-electron chi connectivity index (χ1n) is 7.49. The molecule has 0 aromatic carbocycles. The summed E-state index contributed by atoms with van der Waals surface area (Å²) in [6.07, 6.45) is 3.19. The van der Waals surface area contributed by atoms with Crippen LogP contribution in [0, 0.1) is 6.92 Å². The highest BCUT2D eigenvalue weighted by Gasteiger charge is 2.12. The first kappa shape index (κ1) is 14.2. The van der Waals surface area contributed by atoms with Crippen molar-refractivity contribution in [1.82, 2.24) is 24.9 Å². The second-order valence-electron chi connectivity index (χ2n) is 5.39. The molecule has 6 nitrogen and oxygen atoms in total. The molecule has 2 N–H and O–H groups in total. The molecule has 0 unspecified atom stereocenters. The summed E-state index contributed by atoms with van der Waals surface area (Å²) in [4.78, 5) is 21.9. The Kier molecular flexibility index (Phi) is 3.35. The average molecular weight is 314 g/mol. The van der Waals surface area contributed by atoms with Gasteiger partial charge in [-0.1, -0.05) is 6.07 Å². The smallest absolute Gasteiger partial charge is 0.153 e. The standard InChI is InChI=1S/C18H14N6/c1-11-4-2-6-15(23-11)16-12(5-3-9-20-16)13-7-8-14-17(24-13)18(19)22-10-21-14/h2-10H,1H3,(H2,19,21,22). The molecule has 24 heavy (non-hydrogen) atoms. The highest BCUT2D eigenvalue weighted by Crippen LogP contribution is 2.29. The van der Waals surface area contributed by atoms with Crippen LogP contribution in [0.3, 0.4) is 0 Å². The van der Waals surface area contributed by atoms with Gasteiger partial charge < -0.3 is 5.73 Å². The van der Waals surface area contributed by atoms with E-state index in [0.717, 1.165) is 28.3 Å². The van der Waals surface area contributed by atoms with Crippen LogP contribution >= 0.6 is 0 Å². The van der Waals surface area contributed by atoms with Gasteiger partial charge in [0.25, 0.3) is 0 Å². The Morgan fingerprint density at radius 1 is 0.833 bits per heavy atom. The van der Waals surface area contributed by atoms with Gasteiger partial charge in [-0.15, -0.1) is 0 Å². The Balaban J connectivity index is 1.93. The van der Waals surface area contributed by atoms with Crippen molar-refractivity contribution in [2.75, 3.05) is 5.73 Å². The fourth-order valence-electron chi connectivity index (χ4n) is 2.60. The Bertz CT molecular complexity index is 1040. The van der Waals surface area contributed by atoms with Gasteiger partial charge in [-0.2, -0.15) is 0 Å². The molecule has 0 fully saturated rings. The molecular formula is C18H14N6. The van der Waals surface area contributed by atoms with E-state index in [2.05, 4.69) is 24.9 Å². The summed E-state index contributed by atoms with van der Waals surface area (Å²) in [6.45, 7) is 1.96. The van der Waals surface area contributed by atoms with Crippen LogP contribution in [0.15, 0.2) is 55.0 Å². The van der Waals surface area contributed by atoms with Crippen LogP contribution in [0.2, 0.25) is 0 Å². The van der Waals surface area contributed by atoms with Gasteiger partial charge in [0.05, 0.1) is 22.6 Å². The molecule has 0 bridgehead atoms. The summed E-state index contributed by atoms with van der Waals surface area (Å²) in [5.41, 5.74) is 11.4. The molecule has 0 amide bonds. The number of nitrogens with two attached hydrogens (primary N) is 1. The van der Waals surface area contributed by atoms with Crippen molar-refractivity contribution in [3.8, 4) is 22.6 Å². The number of rotatable bonds is 2. The quantitative estimate of drug-likeness (QED) is 0.611. The molecule has 0 aliphatic rings. The molecule has 0 aliphatic heterocycles. The Morgan fingerprint density at radius 2 is 1.75 bits per heavy atom. The van der Waals surface area contributed by atoms with E-state index in [1.54, 1.807) is 6.20 Å². The molecule has 116 valence electrons. The number of anilines is 1. The Morgan fingerprint density at radius 3 is 2.62 bits per heavy atom. The minimum Gasteiger partial charge on any atom is -0.382 e. The molecule has 4 rings (SSSR count). The summed E-state index contributed by atoms with van der Waals surface area (Å²) in [7, 11) is 0. The average Bonchev–Trinajstić information content (AvgIpc) is 2.62. The van der Waals surface area contributed by atoms with E-state index < -0.39 is 0 Å². The topological polar surface area (TPSA) is 90.5 Å². The lowest BCUT2D eigenvalue weighted by Crippen LogP contribution is -1.98. The van der Waals surface area contributed by atoms with Gasteiger partial charge in [0.15, 0.2) is 5.82 Å². The van der Waals surface area contributed by atoms with Crippen molar-refractivity contribution in [2.45, 2.75) is 6.92 Å². The van der Waals surface area contributed by atoms with Gasteiger partial charge in [-0.25, -0.2) is 15.0 Å². The van der Waals surface area contributed by atoms with Crippen molar-refractivity contribution in [3.63, 3.8) is 0 Å². The van der Waals surface area contributed by atoms with E-state index in [9.17, 15) is 0 Å². The molecule has 0 radical (unpaired) electrons. The monoisotopic (exact) mass is 314 g/mol. The summed E-state index contributed by atoms with van der Waals surface area (Å²) in [5.74, 6) is 0.362. The fraction of sp³-hybridized carbons (Fsp3) is 0.0556. The number of nitrogens with zero attached hydrogens (tertiary/aromatic N) is 5. The summed E-state index contributed by atoms with van der Waals surface area (Å²) in [5, 5.41) is 0. The minimum atomic E-state index is 0.362. The third-order valence-corrected chi connectivity index (χ3v) is 3.72. The first-order chi connectivity index (χ1) is 11.7. The molecule has 6 heteroatoms. The van der Waals surface area contributed by atoms with Gasteiger partial charge >= 0.3 is 0 Å². The summed E-state index contributed by atoms with van der Waals surface area (Å²) in [6, 6.07) is 13.5. The highest BCUT2D eigenvalue weighted by atomic mass is 14.9. The number of pyridine rings is 3. The van der Waals surface area contributed by atoms with E-state index in [4.69, 9.17) is 5.73 Å². The maximum absolute atomic E-state index is 5.93. The number of nitrogen functional groups attached to an aromatic ring is 1. The molecule has 0 aliphatic carbocycles. The van der Waals surface area contributed by atoms with Crippen LogP contribution < -0.4 is 5.73 Å². The molecular weight excluding hydrogens is 300 g/mol. The zero-order valence-corrected chi connectivity index (χ0v) is 13.0. The van der Waals surface area contributed by atoms with Gasteiger partial charge in [0, 0.05) is 17.5 Å². The van der Waals surface area contributed by atoms with Crippen molar-refractivity contribution in [3.05, 3.63) is 60.7 Å². The fourth-order valence-corrected chi connectivity index (χ4v) is 2.60. The second kappa shape index (κ2) is 5.66. The lowest BCUT2D eigenvalue weighted by molar-refractivity contribution is 1.17. The molecule has 0 spiro atoms. The Labute approximate surface area is 138 Å². The third-order valence-electron chi connectivity index (χ3n) is 3.72. The van der Waals surface area contributed by atoms with Crippen LogP contribution in [0.4, 0.5) is 5.82 Å². The van der Waals surface area contributed by atoms with Gasteiger partial charge in [-0.3, -0.25) is 9.97 Å². The SMILES string of the molecule is Cc1cccc(-c2ncccc2-c2ccc3ncnc(N)c3n2)n1. The summed E-state index contributed by atoms with van der Waals surface area (Å²) >= 11 is 0. The van der Waals surface area contributed by atoms with Crippen molar-refractivity contribution in [1.29, 1.82) is 0 Å². The second-order valence-corrected chi connectivity index (χ2v) is 5.39. The largest absolute Gasteiger partial charge is 0.382 e. The van der Waals surface area contributed by atoms with E-state index in [1.165, 1.54) is 6.33 Å². The van der Waals surface area contributed by atoms with E-state index >= 15 is 0 Å². The molecule has 0 saturated heterocycles. The molecule has 0 atom stereocenters. The number of hydrogen-bond acceptors (Lipinski definition) is 6. The minimum absolute atomic E-state index is 0.362. The summed E-state index contributed by atoms with van der Waals surface area (Å²) < 4.78 is 0. The molecule has 4 aromatic heterocycles. The number of hydrogen-bond donors (Lipinski definition) is 1. The maximum Gasteiger partial charge on any atom is 0.153 e. The first-order valence-corrected chi connectivity index (χ1v) is 7.49. The normalized spacial score (nSPS) is 10.9. The lowest BCUT2D eigenvalue weighted by atomic mass is 10.1. The van der Waals surface area contributed by atoms with Crippen LogP contribution in [-0.4, -0.2) is 24.9 Å². The van der Waals surface area contributed by atoms with Crippen molar-refractivity contribution >= 4 is 16.9 Å². The number of aryl methyl sites for hydroxylation is 1. The Hall–Kier alpha value is -3.41. The van der Waals surface area contributed by atoms with Crippen LogP contribution in [0.25, 0.3) is 33.7 Å². The highest BCUT2D eigenvalue weighted by molar-refractivity contribution is 5.87. The third kappa shape index (κ3) is 2.44. The lowest BCUT2D eigenvalue weighted by Gasteiger charge is -2.09. The molecule has 4 aromatic rings. The van der Waals surface area contributed by atoms with Gasteiger partial charge in [0.2, 0.25) is 0 Å². The van der Waals surface area contributed by atoms with Crippen LogP contribution in [0.1, 0.15) is 5.69 Å². The predicted octanol–water partition coefficient (Wildman–Crippen LogP) is 3.04. The number of fused-ring (bicyclic) bond motifs is 1. The molecule has 4 heterocycles. The van der Waals surface area contributed by atoms with Crippen LogP contribution in [-0.2, 0) is 0 Å². The zero-order chi connectivity index (χ0) is 16.5.